The Morgan fingerprint density at radius 1 is 1.00 bits per heavy atom. The molecule has 9 heteroatoms. The van der Waals surface area contributed by atoms with Crippen molar-refractivity contribution in [1.82, 2.24) is 9.97 Å². The summed E-state index contributed by atoms with van der Waals surface area (Å²) in [5.41, 5.74) is 1.97. The molecule has 0 fully saturated rings. The standard InChI is InChI=1S/C20H21N5O4/c1-4-13-7-5-6-8-15(13)23-19-18(25(26)27)20(22-12-21-19)24-16-11-14(28-2)9-10-17(16)29-3/h5-12H,4H2,1-3H3,(H2,21,22,23,24). The number of ether oxygens (including phenoxy) is 2. The lowest BCUT2D eigenvalue weighted by Gasteiger charge is -2.14. The molecule has 3 aromatic rings. The number of anilines is 4. The van der Waals surface area contributed by atoms with Crippen LogP contribution >= 0.6 is 0 Å². The van der Waals surface area contributed by atoms with Crippen molar-refractivity contribution in [2.24, 2.45) is 0 Å². The molecule has 1 heterocycles. The van der Waals surface area contributed by atoms with E-state index in [4.69, 9.17) is 9.47 Å². The molecule has 0 spiro atoms. The smallest absolute Gasteiger partial charge is 0.353 e. The molecule has 0 unspecified atom stereocenters. The van der Waals surface area contributed by atoms with E-state index >= 15 is 0 Å². The first-order valence-electron chi connectivity index (χ1n) is 8.90. The SMILES string of the molecule is CCc1ccccc1Nc1ncnc(Nc2cc(OC)ccc2OC)c1[N+](=O)[O-]. The topological polar surface area (TPSA) is 111 Å². The maximum absolute atomic E-state index is 11.8. The number of hydrogen-bond acceptors (Lipinski definition) is 8. The number of nitrogens with one attached hydrogen (secondary N) is 2. The molecule has 9 nitrogen and oxygen atoms in total. The van der Waals surface area contributed by atoms with Gasteiger partial charge in [0.1, 0.15) is 17.8 Å². The average Bonchev–Trinajstić information content (AvgIpc) is 2.74. The Labute approximate surface area is 167 Å². The van der Waals surface area contributed by atoms with Crippen molar-refractivity contribution in [1.29, 1.82) is 0 Å². The molecule has 0 aliphatic rings. The van der Waals surface area contributed by atoms with Gasteiger partial charge in [0.25, 0.3) is 0 Å². The maximum Gasteiger partial charge on any atom is 0.353 e. The molecule has 0 aliphatic carbocycles. The highest BCUT2D eigenvalue weighted by Crippen LogP contribution is 2.37. The zero-order valence-electron chi connectivity index (χ0n) is 16.3. The Balaban J connectivity index is 2.03. The molecule has 0 aliphatic heterocycles. The van der Waals surface area contributed by atoms with Crippen LogP contribution < -0.4 is 20.1 Å². The molecule has 2 N–H and O–H groups in total. The number of para-hydroxylation sites is 1. The Morgan fingerprint density at radius 3 is 2.31 bits per heavy atom. The minimum absolute atomic E-state index is 0.0352. The number of nitrogens with zero attached hydrogens (tertiary/aromatic N) is 3. The summed E-state index contributed by atoms with van der Waals surface area (Å²) in [7, 11) is 3.04. The zero-order chi connectivity index (χ0) is 20.8. The van der Waals surface area contributed by atoms with Crippen molar-refractivity contribution < 1.29 is 14.4 Å². The fraction of sp³-hybridized carbons (Fsp3) is 0.200. The molecule has 0 atom stereocenters. The molecule has 0 saturated carbocycles. The van der Waals surface area contributed by atoms with Gasteiger partial charge >= 0.3 is 5.69 Å². The summed E-state index contributed by atoms with van der Waals surface area (Å²) in [5.74, 6) is 1.19. The second-order valence-electron chi connectivity index (χ2n) is 6.00. The molecule has 0 radical (unpaired) electrons. The molecule has 0 saturated heterocycles. The van der Waals surface area contributed by atoms with Gasteiger partial charge in [0, 0.05) is 11.8 Å². The fourth-order valence-electron chi connectivity index (χ4n) is 2.85. The molecule has 0 amide bonds. The molecule has 2 aromatic carbocycles. The molecular weight excluding hydrogens is 374 g/mol. The van der Waals surface area contributed by atoms with Crippen molar-refractivity contribution in [2.75, 3.05) is 24.9 Å². The van der Waals surface area contributed by atoms with Gasteiger partial charge in [-0.05, 0) is 30.2 Å². The van der Waals surface area contributed by atoms with Gasteiger partial charge in [-0.1, -0.05) is 25.1 Å². The van der Waals surface area contributed by atoms with Crippen molar-refractivity contribution in [3.8, 4) is 11.5 Å². The third-order valence-corrected chi connectivity index (χ3v) is 4.32. The number of nitro groups is 1. The van der Waals surface area contributed by atoms with Crippen LogP contribution in [0.15, 0.2) is 48.8 Å². The van der Waals surface area contributed by atoms with Crippen molar-refractivity contribution >= 4 is 28.7 Å². The molecule has 150 valence electrons. The van der Waals surface area contributed by atoms with Crippen LogP contribution in [0.5, 0.6) is 11.5 Å². The van der Waals surface area contributed by atoms with Crippen LogP contribution in [0.25, 0.3) is 0 Å². The van der Waals surface area contributed by atoms with Gasteiger partial charge in [-0.2, -0.15) is 0 Å². The summed E-state index contributed by atoms with van der Waals surface area (Å²) in [6.07, 6.45) is 2.03. The van der Waals surface area contributed by atoms with E-state index in [0.29, 0.717) is 17.2 Å². The summed E-state index contributed by atoms with van der Waals surface area (Å²) in [6, 6.07) is 12.7. The number of aryl methyl sites for hydroxylation is 1. The summed E-state index contributed by atoms with van der Waals surface area (Å²) < 4.78 is 10.6. The van der Waals surface area contributed by atoms with Crippen LogP contribution in [-0.2, 0) is 6.42 Å². The van der Waals surface area contributed by atoms with Crippen LogP contribution in [0.2, 0.25) is 0 Å². The third-order valence-electron chi connectivity index (χ3n) is 4.32. The fourth-order valence-corrected chi connectivity index (χ4v) is 2.85. The number of methoxy groups -OCH3 is 2. The third kappa shape index (κ3) is 4.34. The number of aromatic nitrogens is 2. The second-order valence-corrected chi connectivity index (χ2v) is 6.00. The van der Waals surface area contributed by atoms with Gasteiger partial charge in [-0.3, -0.25) is 10.1 Å². The van der Waals surface area contributed by atoms with E-state index in [1.165, 1.54) is 20.5 Å². The van der Waals surface area contributed by atoms with E-state index in [2.05, 4.69) is 20.6 Å². The summed E-state index contributed by atoms with van der Waals surface area (Å²) in [5, 5.41) is 17.9. The normalized spacial score (nSPS) is 10.3. The lowest BCUT2D eigenvalue weighted by atomic mass is 10.1. The Bertz CT molecular complexity index is 1030. The van der Waals surface area contributed by atoms with Gasteiger partial charge < -0.3 is 20.1 Å². The van der Waals surface area contributed by atoms with Crippen LogP contribution in [0.4, 0.5) is 28.7 Å². The van der Waals surface area contributed by atoms with Gasteiger partial charge in [0.2, 0.25) is 11.6 Å². The first-order chi connectivity index (χ1) is 14.1. The van der Waals surface area contributed by atoms with Crippen LogP contribution in [0, 0.1) is 10.1 Å². The van der Waals surface area contributed by atoms with E-state index in [0.717, 1.165) is 17.7 Å². The summed E-state index contributed by atoms with van der Waals surface area (Å²) >= 11 is 0. The van der Waals surface area contributed by atoms with Crippen LogP contribution in [-0.4, -0.2) is 29.1 Å². The van der Waals surface area contributed by atoms with Crippen molar-refractivity contribution in [2.45, 2.75) is 13.3 Å². The van der Waals surface area contributed by atoms with E-state index < -0.39 is 4.92 Å². The Hall–Kier alpha value is -3.88. The van der Waals surface area contributed by atoms with Crippen molar-refractivity contribution in [3.05, 3.63) is 64.5 Å². The van der Waals surface area contributed by atoms with E-state index in [9.17, 15) is 10.1 Å². The zero-order valence-corrected chi connectivity index (χ0v) is 16.3. The maximum atomic E-state index is 11.8. The number of rotatable bonds is 8. The van der Waals surface area contributed by atoms with Gasteiger partial charge in [0.15, 0.2) is 0 Å². The quantitative estimate of drug-likeness (QED) is 0.425. The molecular formula is C20H21N5O4. The van der Waals surface area contributed by atoms with Crippen LogP contribution in [0.3, 0.4) is 0 Å². The molecule has 3 rings (SSSR count). The highest BCUT2D eigenvalue weighted by Gasteiger charge is 2.24. The first-order valence-corrected chi connectivity index (χ1v) is 8.90. The predicted octanol–water partition coefficient (Wildman–Crippen LogP) is 4.45. The van der Waals surface area contributed by atoms with Gasteiger partial charge in [-0.15, -0.1) is 0 Å². The first kappa shape index (κ1) is 19.9. The van der Waals surface area contributed by atoms with E-state index in [-0.39, 0.29) is 17.3 Å². The molecule has 29 heavy (non-hydrogen) atoms. The molecule has 1 aromatic heterocycles. The lowest BCUT2D eigenvalue weighted by Crippen LogP contribution is -2.07. The number of benzene rings is 2. The average molecular weight is 395 g/mol. The Kier molecular flexibility index (Phi) is 6.08. The highest BCUT2D eigenvalue weighted by molar-refractivity contribution is 5.79. The van der Waals surface area contributed by atoms with E-state index in [1.54, 1.807) is 18.2 Å². The van der Waals surface area contributed by atoms with Gasteiger partial charge in [0.05, 0.1) is 24.8 Å². The minimum Gasteiger partial charge on any atom is -0.497 e. The molecule has 0 bridgehead atoms. The number of hydrogen-bond donors (Lipinski definition) is 2. The highest BCUT2D eigenvalue weighted by atomic mass is 16.6. The van der Waals surface area contributed by atoms with Crippen molar-refractivity contribution in [3.63, 3.8) is 0 Å². The Morgan fingerprint density at radius 2 is 1.69 bits per heavy atom. The summed E-state index contributed by atoms with van der Waals surface area (Å²) in [6.45, 7) is 2.01. The lowest BCUT2D eigenvalue weighted by molar-refractivity contribution is -0.383. The monoisotopic (exact) mass is 395 g/mol. The minimum atomic E-state index is -0.522. The second kappa shape index (κ2) is 8.87. The summed E-state index contributed by atoms with van der Waals surface area (Å²) in [4.78, 5) is 19.5. The van der Waals surface area contributed by atoms with Gasteiger partial charge in [-0.25, -0.2) is 9.97 Å². The predicted molar refractivity (Wildman–Crippen MR) is 111 cm³/mol. The van der Waals surface area contributed by atoms with E-state index in [1.807, 2.05) is 31.2 Å². The largest absolute Gasteiger partial charge is 0.497 e. The van der Waals surface area contributed by atoms with Crippen LogP contribution in [0.1, 0.15) is 12.5 Å².